The normalized spacial score (nSPS) is 24.1. The van der Waals surface area contributed by atoms with Gasteiger partial charge in [-0.05, 0) is 62.0 Å². The maximum absolute atomic E-state index is 12.4. The summed E-state index contributed by atoms with van der Waals surface area (Å²) in [5.74, 6) is -0.188. The Kier molecular flexibility index (Phi) is 7.87. The fourth-order valence-electron chi connectivity index (χ4n) is 5.40. The van der Waals surface area contributed by atoms with Crippen LogP contribution in [0.4, 0.5) is 0 Å². The van der Waals surface area contributed by atoms with Crippen molar-refractivity contribution in [2.75, 3.05) is 0 Å². The SMILES string of the molecule is CCCC1(C(O)c2ccc([C@H]3CCC(=O)[C@@H]3C/C=C\CCCC(=O)O)cc2)CCC1. The van der Waals surface area contributed by atoms with Crippen molar-refractivity contribution in [2.45, 2.75) is 89.6 Å². The Hall–Kier alpha value is -1.94. The number of aliphatic hydroxyl groups excluding tert-OH is 1. The number of allylic oxidation sites excluding steroid dienone is 2. The Bertz CT molecular complexity index is 745. The minimum Gasteiger partial charge on any atom is -0.481 e. The van der Waals surface area contributed by atoms with E-state index in [0.29, 0.717) is 18.6 Å². The van der Waals surface area contributed by atoms with Gasteiger partial charge in [-0.1, -0.05) is 56.2 Å². The molecule has 2 aliphatic carbocycles. The maximum Gasteiger partial charge on any atom is 0.303 e. The van der Waals surface area contributed by atoms with Crippen molar-refractivity contribution in [1.29, 1.82) is 0 Å². The predicted octanol–water partition coefficient (Wildman–Crippen LogP) is 5.95. The number of ketones is 1. The highest BCUT2D eigenvalue weighted by Crippen LogP contribution is 2.53. The molecule has 0 amide bonds. The summed E-state index contributed by atoms with van der Waals surface area (Å²) in [6.07, 6.45) is 13.1. The fourth-order valence-corrected chi connectivity index (χ4v) is 5.40. The molecule has 0 radical (unpaired) electrons. The van der Waals surface area contributed by atoms with E-state index in [1.54, 1.807) is 0 Å². The molecule has 0 saturated heterocycles. The van der Waals surface area contributed by atoms with E-state index in [1.165, 1.54) is 12.0 Å². The number of hydrogen-bond donors (Lipinski definition) is 2. The summed E-state index contributed by atoms with van der Waals surface area (Å²) in [6.45, 7) is 2.19. The fraction of sp³-hybridized carbons (Fsp3) is 0.615. The van der Waals surface area contributed by atoms with Crippen molar-refractivity contribution >= 4 is 11.8 Å². The molecule has 164 valence electrons. The Balaban J connectivity index is 1.61. The molecule has 30 heavy (non-hydrogen) atoms. The largest absolute Gasteiger partial charge is 0.481 e. The highest BCUT2D eigenvalue weighted by Gasteiger charge is 2.43. The van der Waals surface area contributed by atoms with Gasteiger partial charge in [-0.25, -0.2) is 0 Å². The van der Waals surface area contributed by atoms with Crippen molar-refractivity contribution in [3.8, 4) is 0 Å². The summed E-state index contributed by atoms with van der Waals surface area (Å²) in [5, 5.41) is 19.7. The summed E-state index contributed by atoms with van der Waals surface area (Å²) >= 11 is 0. The molecule has 2 aliphatic rings. The molecule has 0 aliphatic heterocycles. The van der Waals surface area contributed by atoms with Gasteiger partial charge in [0.2, 0.25) is 0 Å². The van der Waals surface area contributed by atoms with Crippen LogP contribution in [0.3, 0.4) is 0 Å². The van der Waals surface area contributed by atoms with Gasteiger partial charge in [0, 0.05) is 24.2 Å². The molecule has 2 saturated carbocycles. The van der Waals surface area contributed by atoms with Crippen LogP contribution >= 0.6 is 0 Å². The van der Waals surface area contributed by atoms with E-state index in [0.717, 1.165) is 50.5 Å². The number of Topliss-reactive ketones (excluding diaryl/α,β-unsaturated/α-hetero) is 1. The third-order valence-electron chi connectivity index (χ3n) is 7.28. The third-order valence-corrected chi connectivity index (χ3v) is 7.28. The molecule has 3 atom stereocenters. The lowest BCUT2D eigenvalue weighted by Crippen LogP contribution is -2.36. The van der Waals surface area contributed by atoms with Gasteiger partial charge in [0.05, 0.1) is 6.10 Å². The first-order chi connectivity index (χ1) is 14.5. The maximum atomic E-state index is 12.4. The molecule has 1 unspecified atom stereocenters. The number of aliphatic carboxylic acids is 1. The molecule has 4 heteroatoms. The second-order valence-corrected chi connectivity index (χ2v) is 9.25. The number of carbonyl (C=O) groups is 2. The van der Waals surface area contributed by atoms with Crippen molar-refractivity contribution < 1.29 is 19.8 Å². The summed E-state index contributed by atoms with van der Waals surface area (Å²) in [4.78, 5) is 23.0. The van der Waals surface area contributed by atoms with E-state index in [9.17, 15) is 14.7 Å². The van der Waals surface area contributed by atoms with Gasteiger partial charge < -0.3 is 10.2 Å². The molecule has 0 aromatic heterocycles. The van der Waals surface area contributed by atoms with Gasteiger partial charge in [-0.15, -0.1) is 0 Å². The summed E-state index contributed by atoms with van der Waals surface area (Å²) in [6, 6.07) is 8.36. The zero-order valence-electron chi connectivity index (χ0n) is 18.2. The lowest BCUT2D eigenvalue weighted by molar-refractivity contribution is -0.137. The zero-order valence-corrected chi connectivity index (χ0v) is 18.2. The average Bonchev–Trinajstić information content (AvgIpc) is 3.07. The number of aliphatic hydroxyl groups is 1. The average molecular weight is 413 g/mol. The second kappa shape index (κ2) is 10.4. The Morgan fingerprint density at radius 2 is 1.97 bits per heavy atom. The van der Waals surface area contributed by atoms with Crippen LogP contribution < -0.4 is 0 Å². The quantitative estimate of drug-likeness (QED) is 0.348. The summed E-state index contributed by atoms with van der Waals surface area (Å²) < 4.78 is 0. The van der Waals surface area contributed by atoms with Crippen molar-refractivity contribution in [2.24, 2.45) is 11.3 Å². The van der Waals surface area contributed by atoms with Crippen LogP contribution in [0.25, 0.3) is 0 Å². The highest BCUT2D eigenvalue weighted by atomic mass is 16.4. The Morgan fingerprint density at radius 3 is 2.57 bits per heavy atom. The van der Waals surface area contributed by atoms with Gasteiger partial charge in [-0.2, -0.15) is 0 Å². The van der Waals surface area contributed by atoms with Gasteiger partial charge in [0.1, 0.15) is 5.78 Å². The Morgan fingerprint density at radius 1 is 1.23 bits per heavy atom. The smallest absolute Gasteiger partial charge is 0.303 e. The van der Waals surface area contributed by atoms with E-state index >= 15 is 0 Å². The topological polar surface area (TPSA) is 74.6 Å². The molecule has 0 spiro atoms. The minimum absolute atomic E-state index is 0.00885. The number of hydrogen-bond acceptors (Lipinski definition) is 3. The number of unbranched alkanes of at least 4 members (excludes halogenated alkanes) is 1. The van der Waals surface area contributed by atoms with Crippen molar-refractivity contribution in [3.05, 3.63) is 47.5 Å². The number of carboxylic acids is 1. The monoisotopic (exact) mass is 412 g/mol. The van der Waals surface area contributed by atoms with E-state index in [2.05, 4.69) is 31.2 Å². The number of benzene rings is 1. The van der Waals surface area contributed by atoms with Crippen molar-refractivity contribution in [3.63, 3.8) is 0 Å². The lowest BCUT2D eigenvalue weighted by atomic mass is 9.61. The van der Waals surface area contributed by atoms with Gasteiger partial charge in [0.15, 0.2) is 0 Å². The first-order valence-electron chi connectivity index (χ1n) is 11.6. The first kappa shape index (κ1) is 22.7. The van der Waals surface area contributed by atoms with Crippen LogP contribution in [0.1, 0.15) is 101 Å². The Labute approximate surface area is 180 Å². The molecular formula is C26H36O4. The van der Waals surface area contributed by atoms with E-state index in [-0.39, 0.29) is 23.7 Å². The molecule has 2 N–H and O–H groups in total. The second-order valence-electron chi connectivity index (χ2n) is 9.25. The van der Waals surface area contributed by atoms with E-state index < -0.39 is 12.1 Å². The molecule has 0 heterocycles. The molecule has 1 aromatic rings. The molecular weight excluding hydrogens is 376 g/mol. The van der Waals surface area contributed by atoms with Crippen LogP contribution in [0.15, 0.2) is 36.4 Å². The molecule has 2 fully saturated rings. The van der Waals surface area contributed by atoms with Crippen LogP contribution in [0, 0.1) is 11.3 Å². The van der Waals surface area contributed by atoms with Crippen LogP contribution in [-0.4, -0.2) is 22.0 Å². The van der Waals surface area contributed by atoms with Crippen LogP contribution in [-0.2, 0) is 9.59 Å². The number of carbonyl (C=O) groups excluding carboxylic acids is 1. The van der Waals surface area contributed by atoms with Gasteiger partial charge in [-0.3, -0.25) is 9.59 Å². The summed E-state index contributed by atoms with van der Waals surface area (Å²) in [5.41, 5.74) is 2.26. The standard InChI is InChI=1S/C26H36O4/c1-2-16-26(17-7-18-26)25(30)20-12-10-19(11-13-20)21-14-15-23(27)22(21)8-5-3-4-6-9-24(28)29/h3,5,10-13,21-22,25,30H,2,4,6-9,14-18H2,1H3,(H,28,29)/b5-3-/t21-,22-,25?/m1/s1. The first-order valence-corrected chi connectivity index (χ1v) is 11.6. The van der Waals surface area contributed by atoms with E-state index in [4.69, 9.17) is 5.11 Å². The van der Waals surface area contributed by atoms with Crippen LogP contribution in [0.2, 0.25) is 0 Å². The number of rotatable bonds is 11. The number of carboxylic acid groups (broad SMARTS) is 1. The predicted molar refractivity (Wildman–Crippen MR) is 118 cm³/mol. The zero-order chi connectivity index (χ0) is 21.6. The highest BCUT2D eigenvalue weighted by molar-refractivity contribution is 5.84. The minimum atomic E-state index is -0.763. The van der Waals surface area contributed by atoms with Gasteiger partial charge in [0.25, 0.3) is 0 Å². The molecule has 4 nitrogen and oxygen atoms in total. The van der Waals surface area contributed by atoms with Crippen molar-refractivity contribution in [1.82, 2.24) is 0 Å². The molecule has 3 rings (SSSR count). The third kappa shape index (κ3) is 5.21. The van der Waals surface area contributed by atoms with E-state index in [1.807, 2.05) is 12.2 Å². The molecule has 0 bridgehead atoms. The summed E-state index contributed by atoms with van der Waals surface area (Å²) in [7, 11) is 0. The van der Waals surface area contributed by atoms with Gasteiger partial charge >= 0.3 is 5.97 Å². The van der Waals surface area contributed by atoms with Crippen LogP contribution in [0.5, 0.6) is 0 Å². The molecule has 1 aromatic carbocycles. The lowest BCUT2D eigenvalue weighted by Gasteiger charge is -2.46.